The van der Waals surface area contributed by atoms with E-state index in [1.54, 1.807) is 4.90 Å². The Balaban J connectivity index is 2.15. The Morgan fingerprint density at radius 1 is 1.35 bits per heavy atom. The second-order valence-electron chi connectivity index (χ2n) is 4.28. The number of benzene rings is 1. The zero-order chi connectivity index (χ0) is 12.4. The van der Waals surface area contributed by atoms with Crippen LogP contribution < -0.4 is 5.73 Å². The third-order valence-electron chi connectivity index (χ3n) is 2.91. The molecule has 1 aromatic carbocycles. The number of halogens is 2. The normalized spacial score (nSPS) is 20.4. The first-order chi connectivity index (χ1) is 8.08. The van der Waals surface area contributed by atoms with Crippen molar-refractivity contribution in [3.8, 4) is 0 Å². The molecule has 92 valence electrons. The van der Waals surface area contributed by atoms with Gasteiger partial charge in [-0.15, -0.1) is 0 Å². The Morgan fingerprint density at radius 2 is 2.12 bits per heavy atom. The molecule has 0 aromatic heterocycles. The van der Waals surface area contributed by atoms with Gasteiger partial charge in [-0.1, -0.05) is 0 Å². The van der Waals surface area contributed by atoms with Gasteiger partial charge in [-0.3, -0.25) is 4.79 Å². The SMILES string of the molecule is N[C@@H]1CCCN(C(=O)c2ccc(F)c(F)c2)C1. The number of piperidine rings is 1. The summed E-state index contributed by atoms with van der Waals surface area (Å²) < 4.78 is 25.8. The van der Waals surface area contributed by atoms with Gasteiger partial charge in [0, 0.05) is 24.7 Å². The zero-order valence-corrected chi connectivity index (χ0v) is 9.33. The highest BCUT2D eigenvalue weighted by atomic mass is 19.2. The molecule has 3 nitrogen and oxygen atoms in total. The fourth-order valence-electron chi connectivity index (χ4n) is 2.01. The molecule has 2 rings (SSSR count). The molecular weight excluding hydrogens is 226 g/mol. The molecule has 1 amide bonds. The first-order valence-electron chi connectivity index (χ1n) is 5.58. The molecule has 1 heterocycles. The largest absolute Gasteiger partial charge is 0.337 e. The van der Waals surface area contributed by atoms with Crippen LogP contribution >= 0.6 is 0 Å². The number of carbonyl (C=O) groups is 1. The van der Waals surface area contributed by atoms with Gasteiger partial charge in [0.25, 0.3) is 5.91 Å². The van der Waals surface area contributed by atoms with E-state index in [4.69, 9.17) is 5.73 Å². The van der Waals surface area contributed by atoms with Crippen molar-refractivity contribution in [2.75, 3.05) is 13.1 Å². The van der Waals surface area contributed by atoms with E-state index in [1.807, 2.05) is 0 Å². The summed E-state index contributed by atoms with van der Waals surface area (Å²) in [5.74, 6) is -2.24. The van der Waals surface area contributed by atoms with Gasteiger partial charge in [-0.05, 0) is 31.0 Å². The van der Waals surface area contributed by atoms with Gasteiger partial charge in [0.1, 0.15) is 0 Å². The van der Waals surface area contributed by atoms with Crippen LogP contribution in [0.25, 0.3) is 0 Å². The molecule has 1 fully saturated rings. The van der Waals surface area contributed by atoms with Crippen molar-refractivity contribution in [3.05, 3.63) is 35.4 Å². The van der Waals surface area contributed by atoms with Crippen molar-refractivity contribution in [3.63, 3.8) is 0 Å². The standard InChI is InChI=1S/C12H14F2N2O/c13-10-4-3-8(6-11(10)14)12(17)16-5-1-2-9(15)7-16/h3-4,6,9H,1-2,5,7,15H2/t9-/m1/s1. The summed E-state index contributed by atoms with van der Waals surface area (Å²) >= 11 is 0. The van der Waals surface area contributed by atoms with Crippen molar-refractivity contribution in [2.24, 2.45) is 5.73 Å². The number of amides is 1. The number of hydrogen-bond donors (Lipinski definition) is 1. The first kappa shape index (κ1) is 12.0. The summed E-state index contributed by atoms with van der Waals surface area (Å²) in [5.41, 5.74) is 5.93. The van der Waals surface area contributed by atoms with Crippen molar-refractivity contribution in [1.82, 2.24) is 4.90 Å². The van der Waals surface area contributed by atoms with Gasteiger partial charge in [0.05, 0.1) is 0 Å². The first-order valence-corrected chi connectivity index (χ1v) is 5.58. The van der Waals surface area contributed by atoms with Gasteiger partial charge in [-0.2, -0.15) is 0 Å². The average molecular weight is 240 g/mol. The summed E-state index contributed by atoms with van der Waals surface area (Å²) in [6.07, 6.45) is 1.73. The molecule has 1 aliphatic rings. The van der Waals surface area contributed by atoms with Crippen LogP contribution in [0, 0.1) is 11.6 Å². The molecule has 1 saturated heterocycles. The Kier molecular flexibility index (Phi) is 3.38. The maximum atomic E-state index is 13.0. The number of hydrogen-bond acceptors (Lipinski definition) is 2. The number of rotatable bonds is 1. The van der Waals surface area contributed by atoms with Crippen LogP contribution in [0.1, 0.15) is 23.2 Å². The summed E-state index contributed by atoms with van der Waals surface area (Å²) in [5, 5.41) is 0. The van der Waals surface area contributed by atoms with Crippen molar-refractivity contribution >= 4 is 5.91 Å². The minimum Gasteiger partial charge on any atom is -0.337 e. The predicted octanol–water partition coefficient (Wildman–Crippen LogP) is 1.53. The molecular formula is C12H14F2N2O. The molecule has 2 N–H and O–H groups in total. The molecule has 17 heavy (non-hydrogen) atoms. The second-order valence-corrected chi connectivity index (χ2v) is 4.28. The number of nitrogens with two attached hydrogens (primary N) is 1. The van der Waals surface area contributed by atoms with Crippen LogP contribution in [0.3, 0.4) is 0 Å². The molecule has 1 aromatic rings. The third kappa shape index (κ3) is 2.61. The number of carbonyl (C=O) groups excluding carboxylic acids is 1. The van der Waals surface area contributed by atoms with E-state index in [9.17, 15) is 13.6 Å². The Bertz CT molecular complexity index is 437. The predicted molar refractivity (Wildman–Crippen MR) is 59.5 cm³/mol. The number of likely N-dealkylation sites (tertiary alicyclic amines) is 1. The Labute approximate surface area is 98.2 Å². The minimum absolute atomic E-state index is 0.0296. The average Bonchev–Trinajstić information content (AvgIpc) is 2.32. The molecule has 0 bridgehead atoms. The van der Waals surface area contributed by atoms with Crippen LogP contribution in [0.5, 0.6) is 0 Å². The van der Waals surface area contributed by atoms with E-state index in [-0.39, 0.29) is 17.5 Å². The quantitative estimate of drug-likeness (QED) is 0.809. The Morgan fingerprint density at radius 3 is 2.76 bits per heavy atom. The van der Waals surface area contributed by atoms with Gasteiger partial charge < -0.3 is 10.6 Å². The molecule has 1 atom stereocenters. The topological polar surface area (TPSA) is 46.3 Å². The lowest BCUT2D eigenvalue weighted by Crippen LogP contribution is -2.45. The molecule has 0 unspecified atom stereocenters. The maximum absolute atomic E-state index is 13.0. The zero-order valence-electron chi connectivity index (χ0n) is 9.33. The highest BCUT2D eigenvalue weighted by molar-refractivity contribution is 5.94. The maximum Gasteiger partial charge on any atom is 0.254 e. The fourth-order valence-corrected chi connectivity index (χ4v) is 2.01. The molecule has 0 saturated carbocycles. The van der Waals surface area contributed by atoms with Gasteiger partial charge in [-0.25, -0.2) is 8.78 Å². The van der Waals surface area contributed by atoms with Crippen molar-refractivity contribution in [2.45, 2.75) is 18.9 Å². The van der Waals surface area contributed by atoms with E-state index in [2.05, 4.69) is 0 Å². The Hall–Kier alpha value is -1.49. The van der Waals surface area contributed by atoms with Crippen LogP contribution in [0.2, 0.25) is 0 Å². The van der Waals surface area contributed by atoms with Crippen LogP contribution in [0.15, 0.2) is 18.2 Å². The van der Waals surface area contributed by atoms with Gasteiger partial charge >= 0.3 is 0 Å². The molecule has 0 radical (unpaired) electrons. The van der Waals surface area contributed by atoms with Crippen molar-refractivity contribution < 1.29 is 13.6 Å². The van der Waals surface area contributed by atoms with Crippen LogP contribution in [0.4, 0.5) is 8.78 Å². The van der Waals surface area contributed by atoms with E-state index in [1.165, 1.54) is 6.07 Å². The van der Waals surface area contributed by atoms with E-state index in [0.29, 0.717) is 13.1 Å². The van der Waals surface area contributed by atoms with Crippen LogP contribution in [-0.4, -0.2) is 29.9 Å². The van der Waals surface area contributed by atoms with E-state index < -0.39 is 11.6 Å². The lowest BCUT2D eigenvalue weighted by molar-refractivity contribution is 0.0708. The summed E-state index contributed by atoms with van der Waals surface area (Å²) in [4.78, 5) is 13.6. The molecule has 1 aliphatic heterocycles. The third-order valence-corrected chi connectivity index (χ3v) is 2.91. The second kappa shape index (κ2) is 4.79. The highest BCUT2D eigenvalue weighted by Crippen LogP contribution is 2.15. The van der Waals surface area contributed by atoms with Gasteiger partial charge in [0.2, 0.25) is 0 Å². The van der Waals surface area contributed by atoms with E-state index >= 15 is 0 Å². The molecule has 0 spiro atoms. The molecule has 5 heteroatoms. The van der Waals surface area contributed by atoms with Gasteiger partial charge in [0.15, 0.2) is 11.6 Å². The van der Waals surface area contributed by atoms with E-state index in [0.717, 1.165) is 25.0 Å². The summed E-state index contributed by atoms with van der Waals surface area (Å²) in [7, 11) is 0. The van der Waals surface area contributed by atoms with Crippen molar-refractivity contribution in [1.29, 1.82) is 0 Å². The highest BCUT2D eigenvalue weighted by Gasteiger charge is 2.22. The fraction of sp³-hybridized carbons (Fsp3) is 0.417. The lowest BCUT2D eigenvalue weighted by Gasteiger charge is -2.30. The monoisotopic (exact) mass is 240 g/mol. The van der Waals surface area contributed by atoms with Crippen LogP contribution in [-0.2, 0) is 0 Å². The summed E-state index contributed by atoms with van der Waals surface area (Å²) in [6, 6.07) is 3.16. The minimum atomic E-state index is -1.00. The number of nitrogens with zero attached hydrogens (tertiary/aromatic N) is 1. The smallest absolute Gasteiger partial charge is 0.254 e. The summed E-state index contributed by atoms with van der Waals surface area (Å²) in [6.45, 7) is 1.09. The molecule has 0 aliphatic carbocycles. The lowest BCUT2D eigenvalue weighted by atomic mass is 10.1.